The normalized spacial score (nSPS) is 28.2. The summed E-state index contributed by atoms with van der Waals surface area (Å²) in [4.78, 5) is 109. The van der Waals surface area contributed by atoms with Crippen LogP contribution in [0.5, 0.6) is 0 Å². The van der Waals surface area contributed by atoms with Gasteiger partial charge in [-0.3, -0.25) is 43.3 Å². The van der Waals surface area contributed by atoms with Crippen LogP contribution < -0.4 is 49.5 Å². The van der Waals surface area contributed by atoms with Gasteiger partial charge in [0.15, 0.2) is 5.96 Å². The van der Waals surface area contributed by atoms with E-state index >= 15 is 0 Å². The summed E-state index contributed by atoms with van der Waals surface area (Å²) in [5, 5.41) is 41.5. The molecule has 0 aromatic heterocycles. The van der Waals surface area contributed by atoms with Crippen molar-refractivity contribution >= 4 is 74.9 Å². The van der Waals surface area contributed by atoms with Crippen molar-refractivity contribution in [3.05, 3.63) is 0 Å². The van der Waals surface area contributed by atoms with E-state index in [9.17, 15) is 53.7 Å². The molecule has 2 aliphatic heterocycles. The van der Waals surface area contributed by atoms with Gasteiger partial charge < -0.3 is 69.7 Å². The number of carboxylic acid groups (broad SMARTS) is 1. The molecule has 0 saturated carbocycles. The fourth-order valence-corrected chi connectivity index (χ4v) is 7.37. The Morgan fingerprint density at radius 2 is 1.48 bits per heavy atom. The van der Waals surface area contributed by atoms with Gasteiger partial charge in [-0.25, -0.2) is 0 Å². The van der Waals surface area contributed by atoms with Crippen molar-refractivity contribution in [2.75, 3.05) is 31.2 Å². The van der Waals surface area contributed by atoms with E-state index in [1.807, 2.05) is 0 Å². The molecule has 2 saturated heterocycles. The lowest BCUT2D eigenvalue weighted by Gasteiger charge is -2.31. The molecule has 22 nitrogen and oxygen atoms in total. The predicted octanol–water partition coefficient (Wildman–Crippen LogP) is -6.49. The predicted molar refractivity (Wildman–Crippen MR) is 187 cm³/mol. The average molecular weight is 778 g/mol. The number of nitrogens with one attached hydrogen (secondary N) is 5. The Morgan fingerprint density at radius 3 is 2.08 bits per heavy atom. The van der Waals surface area contributed by atoms with Crippen molar-refractivity contribution in [1.82, 2.24) is 31.5 Å². The Hall–Kier alpha value is -4.39. The van der Waals surface area contributed by atoms with Gasteiger partial charge in [0, 0.05) is 24.6 Å². The first kappa shape index (κ1) is 43.8. The summed E-state index contributed by atoms with van der Waals surface area (Å²) < 4.78 is 0. The zero-order valence-corrected chi connectivity index (χ0v) is 30.0. The Labute approximate surface area is 306 Å². The number of hydrogen-bond donors (Lipinski definition) is 12. The van der Waals surface area contributed by atoms with Crippen LogP contribution >= 0.6 is 21.6 Å². The fraction of sp³-hybridized carbons (Fsp3) is 0.679. The molecule has 2 heterocycles. The number of rotatable bonds is 9. The van der Waals surface area contributed by atoms with Crippen LogP contribution in [0.3, 0.4) is 0 Å². The number of aliphatic carboxylic acids is 1. The Morgan fingerprint density at radius 1 is 0.885 bits per heavy atom. The van der Waals surface area contributed by atoms with Gasteiger partial charge in [-0.05, 0) is 32.6 Å². The molecule has 0 bridgehead atoms. The van der Waals surface area contributed by atoms with E-state index in [0.29, 0.717) is 6.42 Å². The summed E-state index contributed by atoms with van der Waals surface area (Å²) in [6.45, 7) is 0.229. The summed E-state index contributed by atoms with van der Waals surface area (Å²) in [5.74, 6) is -8.56. The number of fused-ring (bicyclic) bond motifs is 1. The first-order valence-electron chi connectivity index (χ1n) is 16.1. The van der Waals surface area contributed by atoms with Gasteiger partial charge in [-0.1, -0.05) is 21.6 Å². The molecule has 0 spiro atoms. The summed E-state index contributed by atoms with van der Waals surface area (Å²) >= 11 is 0. The van der Waals surface area contributed by atoms with Crippen LogP contribution in [0.2, 0.25) is 0 Å². The second kappa shape index (κ2) is 21.2. The van der Waals surface area contributed by atoms with Crippen LogP contribution in [0.15, 0.2) is 4.99 Å². The summed E-state index contributed by atoms with van der Waals surface area (Å²) in [6.07, 6.45) is -1.99. The summed E-state index contributed by atoms with van der Waals surface area (Å²) in [6, 6.07) is -10.2. The lowest BCUT2D eigenvalue weighted by Crippen LogP contribution is -2.62. The second-order valence-corrected chi connectivity index (χ2v) is 14.5. The first-order valence-corrected chi connectivity index (χ1v) is 18.6. The summed E-state index contributed by atoms with van der Waals surface area (Å²) in [7, 11) is 2.13. The third kappa shape index (κ3) is 13.6. The van der Waals surface area contributed by atoms with Gasteiger partial charge >= 0.3 is 5.97 Å². The number of aliphatic hydroxyl groups excluding tert-OH is 2. The molecule has 0 aliphatic carbocycles. The third-order valence-corrected chi connectivity index (χ3v) is 10.3. The van der Waals surface area contributed by atoms with Gasteiger partial charge in [0.2, 0.25) is 41.4 Å². The molecule has 7 amide bonds. The van der Waals surface area contributed by atoms with Crippen molar-refractivity contribution in [2.45, 2.75) is 87.4 Å². The van der Waals surface area contributed by atoms with Crippen molar-refractivity contribution < 1.29 is 53.7 Å². The highest BCUT2D eigenvalue weighted by atomic mass is 33.1. The Kier molecular flexibility index (Phi) is 17.9. The third-order valence-electron chi connectivity index (χ3n) is 7.85. The zero-order chi connectivity index (χ0) is 39.1. The van der Waals surface area contributed by atoms with Gasteiger partial charge in [-0.15, -0.1) is 0 Å². The highest BCUT2D eigenvalue weighted by Crippen LogP contribution is 2.24. The number of aliphatic imine (C=N–C) groups is 1. The van der Waals surface area contributed by atoms with Crippen molar-refractivity contribution in [1.29, 1.82) is 0 Å². The maximum absolute atomic E-state index is 13.6. The lowest BCUT2D eigenvalue weighted by molar-refractivity contribution is -0.145. The van der Waals surface area contributed by atoms with Gasteiger partial charge in [0.25, 0.3) is 0 Å². The van der Waals surface area contributed by atoms with E-state index in [-0.39, 0.29) is 49.8 Å². The highest BCUT2D eigenvalue weighted by molar-refractivity contribution is 8.76. The fourth-order valence-electron chi connectivity index (χ4n) is 5.07. The molecule has 292 valence electrons. The minimum absolute atomic E-state index is 0.0302. The Balaban J connectivity index is 2.48. The topological polar surface area (TPSA) is 377 Å². The van der Waals surface area contributed by atoms with Crippen LogP contribution in [-0.4, -0.2) is 153 Å². The molecular formula is C28H47N11O11S2. The zero-order valence-electron chi connectivity index (χ0n) is 28.3. The first-order chi connectivity index (χ1) is 24.5. The van der Waals surface area contributed by atoms with Crippen molar-refractivity contribution in [3.63, 3.8) is 0 Å². The number of hydrogen-bond acceptors (Lipinski definition) is 14. The number of guanidine groups is 1. The molecule has 0 radical (unpaired) electrons. The van der Waals surface area contributed by atoms with E-state index in [1.165, 1.54) is 6.92 Å². The van der Waals surface area contributed by atoms with Gasteiger partial charge in [0.1, 0.15) is 36.3 Å². The van der Waals surface area contributed by atoms with E-state index < -0.39 is 109 Å². The van der Waals surface area contributed by atoms with E-state index in [2.05, 4.69) is 31.6 Å². The number of primary amides is 1. The minimum atomic E-state index is -1.89. The highest BCUT2D eigenvalue weighted by Gasteiger charge is 2.41. The summed E-state index contributed by atoms with van der Waals surface area (Å²) in [5.41, 5.74) is 22.2. The number of nitrogens with zero attached hydrogens (tertiary/aromatic N) is 2. The number of carboxylic acids is 1. The number of amides is 7. The van der Waals surface area contributed by atoms with Crippen molar-refractivity contribution in [3.8, 4) is 0 Å². The standard InChI is InChI=1S/C28H47N11O11S2/c1-12(41)20-27(50)39-7-3-5-18(39)26(49)37-17(21(30)44)11-52-51-10-13(29)22(45)34-14(4-2-6-33-28(31)32)23(46)36-16(9-40)25(48)35-15(8-19(42)43)24(47)38-20/h12-18,20,40-41H,2-11,29H2,1H3,(H2,30,44)(H,34,45)(H,35,48)(H,36,46)(H,37,49)(H,38,47)(H,42,43)(H4,31,32,33)/t12-,13-,14-,15-,16+,17-,18-,20+/m1/s1. The molecule has 2 fully saturated rings. The average Bonchev–Trinajstić information content (AvgIpc) is 3.57. The molecule has 0 unspecified atom stereocenters. The Bertz CT molecular complexity index is 1370. The molecule has 2 aliphatic rings. The molecular weight excluding hydrogens is 731 g/mol. The molecule has 24 heteroatoms. The molecule has 52 heavy (non-hydrogen) atoms. The lowest BCUT2D eigenvalue weighted by atomic mass is 10.1. The molecule has 8 atom stereocenters. The van der Waals surface area contributed by atoms with Crippen LogP contribution in [0.1, 0.15) is 39.0 Å². The number of nitrogens with two attached hydrogens (primary N) is 4. The minimum Gasteiger partial charge on any atom is -0.481 e. The van der Waals surface area contributed by atoms with Crippen LogP contribution in [0.25, 0.3) is 0 Å². The van der Waals surface area contributed by atoms with Crippen LogP contribution in [0.4, 0.5) is 0 Å². The quantitative estimate of drug-likeness (QED) is 0.0448. The molecule has 16 N–H and O–H groups in total. The molecule has 0 aromatic carbocycles. The van der Waals surface area contributed by atoms with Gasteiger partial charge in [0.05, 0.1) is 25.2 Å². The number of carbonyl (C=O) groups is 8. The van der Waals surface area contributed by atoms with Gasteiger partial charge in [-0.2, -0.15) is 0 Å². The van der Waals surface area contributed by atoms with Crippen LogP contribution in [0, 0.1) is 0 Å². The largest absolute Gasteiger partial charge is 0.481 e. The number of carbonyl (C=O) groups excluding carboxylic acids is 7. The van der Waals surface area contributed by atoms with Crippen molar-refractivity contribution in [2.24, 2.45) is 27.9 Å². The monoisotopic (exact) mass is 777 g/mol. The maximum atomic E-state index is 13.6. The SMILES string of the molecule is C[C@@H](O)[C@@H]1NC(=O)[C@@H](CC(=O)O)NC(=O)[C@H](CO)NC(=O)[C@@H](CCCN=C(N)N)NC(=O)[C@H](N)CSSC[C@H](C(N)=O)NC(=O)[C@H]2CCCN2C1=O. The maximum Gasteiger partial charge on any atom is 0.305 e. The van der Waals surface area contributed by atoms with E-state index in [1.54, 1.807) is 0 Å². The number of aliphatic hydroxyl groups is 2. The second-order valence-electron chi connectivity index (χ2n) is 12.0. The molecule has 2 rings (SSSR count). The van der Waals surface area contributed by atoms with Crippen LogP contribution in [-0.2, 0) is 38.4 Å². The molecule has 0 aromatic rings. The smallest absolute Gasteiger partial charge is 0.305 e. The van der Waals surface area contributed by atoms with E-state index in [0.717, 1.165) is 26.5 Å². The van der Waals surface area contributed by atoms with E-state index in [4.69, 9.17) is 22.9 Å².